The minimum atomic E-state index is -1.75. The first-order chi connectivity index (χ1) is 6.84. The molecule has 0 aliphatic rings. The van der Waals surface area contributed by atoms with Crippen LogP contribution in [0.1, 0.15) is 30.9 Å². The van der Waals surface area contributed by atoms with Crippen molar-refractivity contribution >= 4 is 40.7 Å². The van der Waals surface area contributed by atoms with Gasteiger partial charge in [-0.3, -0.25) is 0 Å². The SMILES string of the molecule is Cc1ccc(C(C)C)c(Cl)c1.[Cl][Ru]([Cl])[Cl]. The van der Waals surface area contributed by atoms with Gasteiger partial charge in [-0.05, 0) is 30.0 Å². The van der Waals surface area contributed by atoms with E-state index in [9.17, 15) is 0 Å². The van der Waals surface area contributed by atoms with Gasteiger partial charge in [-0.1, -0.05) is 37.6 Å². The van der Waals surface area contributed by atoms with E-state index in [4.69, 9.17) is 40.7 Å². The molecular weight excluding hydrogens is 363 g/mol. The van der Waals surface area contributed by atoms with Crippen LogP contribution in [0.2, 0.25) is 5.02 Å². The zero-order valence-corrected chi connectivity index (χ0v) is 13.4. The van der Waals surface area contributed by atoms with E-state index in [0.29, 0.717) is 5.92 Å². The standard InChI is InChI=1S/C10H13Cl.3ClH.Ru/c1-7(2)9-5-4-8(3)6-10(9)11;;;;/h4-7H,1-3H3;3*1H;/q;;;;+3/p-3. The number of hydrogen-bond acceptors (Lipinski definition) is 0. The van der Waals surface area contributed by atoms with Crippen LogP contribution in [0.5, 0.6) is 0 Å². The van der Waals surface area contributed by atoms with Gasteiger partial charge < -0.3 is 0 Å². The quantitative estimate of drug-likeness (QED) is 0.541. The second kappa shape index (κ2) is 8.15. The Labute approximate surface area is 114 Å². The Morgan fingerprint density at radius 3 is 1.93 bits per heavy atom. The van der Waals surface area contributed by atoms with Gasteiger partial charge in [0.15, 0.2) is 0 Å². The summed E-state index contributed by atoms with van der Waals surface area (Å²) >= 11 is 4.27. The third kappa shape index (κ3) is 7.83. The summed E-state index contributed by atoms with van der Waals surface area (Å²) in [6, 6.07) is 6.21. The molecule has 0 N–H and O–H groups in total. The van der Waals surface area contributed by atoms with Crippen LogP contribution in [-0.4, -0.2) is 0 Å². The third-order valence-corrected chi connectivity index (χ3v) is 2.11. The third-order valence-electron chi connectivity index (χ3n) is 1.78. The van der Waals surface area contributed by atoms with Crippen LogP contribution in [0.4, 0.5) is 0 Å². The molecule has 15 heavy (non-hydrogen) atoms. The summed E-state index contributed by atoms with van der Waals surface area (Å²) < 4.78 is 0. The summed E-state index contributed by atoms with van der Waals surface area (Å²) in [6.45, 7) is 6.35. The summed E-state index contributed by atoms with van der Waals surface area (Å²) in [5.74, 6) is 0.517. The van der Waals surface area contributed by atoms with Crippen molar-refractivity contribution in [3.05, 3.63) is 34.3 Å². The van der Waals surface area contributed by atoms with Crippen molar-refractivity contribution in [3.8, 4) is 0 Å². The van der Waals surface area contributed by atoms with Crippen molar-refractivity contribution in [1.29, 1.82) is 0 Å². The average molecular weight is 376 g/mol. The van der Waals surface area contributed by atoms with Crippen LogP contribution in [0, 0.1) is 6.92 Å². The Morgan fingerprint density at radius 1 is 1.13 bits per heavy atom. The molecule has 0 aliphatic heterocycles. The number of rotatable bonds is 1. The van der Waals surface area contributed by atoms with Crippen LogP contribution < -0.4 is 0 Å². The van der Waals surface area contributed by atoms with Gasteiger partial charge in [0.2, 0.25) is 0 Å². The van der Waals surface area contributed by atoms with Crippen LogP contribution in [-0.2, 0) is 13.0 Å². The Bertz CT molecular complexity index is 297. The van der Waals surface area contributed by atoms with E-state index in [1.807, 2.05) is 6.07 Å². The molecule has 1 aromatic rings. The molecule has 0 atom stereocenters. The van der Waals surface area contributed by atoms with Gasteiger partial charge >= 0.3 is 42.1 Å². The van der Waals surface area contributed by atoms with Gasteiger partial charge in [-0.25, -0.2) is 0 Å². The van der Waals surface area contributed by atoms with Crippen molar-refractivity contribution in [2.45, 2.75) is 26.7 Å². The Balaban J connectivity index is 0.000000423. The van der Waals surface area contributed by atoms with Gasteiger partial charge in [0.05, 0.1) is 0 Å². The second-order valence-corrected chi connectivity index (χ2v) is 11.7. The van der Waals surface area contributed by atoms with E-state index in [0.717, 1.165) is 5.02 Å². The van der Waals surface area contributed by atoms with Crippen LogP contribution in [0.25, 0.3) is 0 Å². The fourth-order valence-electron chi connectivity index (χ4n) is 1.10. The monoisotopic (exact) mass is 375 g/mol. The number of hydrogen-bond donors (Lipinski definition) is 0. The van der Waals surface area contributed by atoms with Crippen molar-refractivity contribution in [1.82, 2.24) is 0 Å². The zero-order valence-electron chi connectivity index (χ0n) is 8.67. The Morgan fingerprint density at radius 2 is 1.60 bits per heavy atom. The molecule has 0 spiro atoms. The molecule has 1 rings (SSSR count). The van der Waals surface area contributed by atoms with E-state index < -0.39 is 13.0 Å². The zero-order chi connectivity index (χ0) is 12.0. The number of aryl methyl sites for hydroxylation is 1. The van der Waals surface area contributed by atoms with Gasteiger partial charge in [0, 0.05) is 5.02 Å². The second-order valence-electron chi connectivity index (χ2n) is 3.33. The molecule has 5 heteroatoms. The number of halogens is 4. The summed E-state index contributed by atoms with van der Waals surface area (Å²) in [5.41, 5.74) is 2.46. The Kier molecular flexibility index (Phi) is 8.69. The molecule has 0 aromatic heterocycles. The topological polar surface area (TPSA) is 0 Å². The fourth-order valence-corrected chi connectivity index (χ4v) is 1.55. The molecule has 0 amide bonds. The first-order valence-corrected chi connectivity index (χ1v) is 11.4. The fraction of sp³-hybridized carbons (Fsp3) is 0.400. The first kappa shape index (κ1) is 16.0. The molecular formula is C10H13Cl4Ru. The summed E-state index contributed by atoms with van der Waals surface area (Å²) in [6.07, 6.45) is 0. The maximum absolute atomic E-state index is 6.02. The van der Waals surface area contributed by atoms with Gasteiger partial charge in [-0.15, -0.1) is 0 Å². The van der Waals surface area contributed by atoms with Crippen LogP contribution in [0.3, 0.4) is 0 Å². The summed E-state index contributed by atoms with van der Waals surface area (Å²) in [4.78, 5) is 0. The Hall–Kier alpha value is 1.00. The molecule has 0 bridgehead atoms. The molecule has 0 aliphatic carbocycles. The molecule has 0 radical (unpaired) electrons. The van der Waals surface area contributed by atoms with Crippen molar-refractivity contribution in [2.75, 3.05) is 0 Å². The normalized spacial score (nSPS) is 10.8. The summed E-state index contributed by atoms with van der Waals surface area (Å²) in [7, 11) is 14.8. The van der Waals surface area contributed by atoms with Gasteiger partial charge in [0.25, 0.3) is 0 Å². The van der Waals surface area contributed by atoms with E-state index in [-0.39, 0.29) is 0 Å². The average Bonchev–Trinajstić information content (AvgIpc) is 2.01. The minimum absolute atomic E-state index is 0.517. The van der Waals surface area contributed by atoms with Crippen LogP contribution >= 0.6 is 40.7 Å². The van der Waals surface area contributed by atoms with Crippen molar-refractivity contribution < 1.29 is 13.0 Å². The van der Waals surface area contributed by atoms with E-state index in [2.05, 4.69) is 32.9 Å². The van der Waals surface area contributed by atoms with Crippen molar-refractivity contribution in [2.24, 2.45) is 0 Å². The maximum atomic E-state index is 6.02. The van der Waals surface area contributed by atoms with Gasteiger partial charge in [-0.2, -0.15) is 0 Å². The predicted octanol–water partition coefficient (Wildman–Crippen LogP) is 5.84. The van der Waals surface area contributed by atoms with Crippen LogP contribution in [0.15, 0.2) is 18.2 Å². The molecule has 89 valence electrons. The molecule has 0 saturated heterocycles. The van der Waals surface area contributed by atoms with E-state index in [1.165, 1.54) is 11.1 Å². The molecule has 0 nitrogen and oxygen atoms in total. The first-order valence-electron chi connectivity index (χ1n) is 4.27. The molecule has 0 fully saturated rings. The molecule has 0 saturated carbocycles. The predicted molar refractivity (Wildman–Crippen MR) is 67.8 cm³/mol. The number of benzene rings is 1. The van der Waals surface area contributed by atoms with E-state index in [1.54, 1.807) is 0 Å². The molecule has 0 unspecified atom stereocenters. The molecule has 1 aromatic carbocycles. The van der Waals surface area contributed by atoms with E-state index >= 15 is 0 Å². The van der Waals surface area contributed by atoms with Crippen molar-refractivity contribution in [3.63, 3.8) is 0 Å². The van der Waals surface area contributed by atoms with Gasteiger partial charge in [0.1, 0.15) is 0 Å². The molecule has 0 heterocycles. The summed E-state index contributed by atoms with van der Waals surface area (Å²) in [5, 5.41) is 0.889.